The number of benzene rings is 1. The number of amides is 1. The fourth-order valence-electron chi connectivity index (χ4n) is 2.29. The first-order valence-electron chi connectivity index (χ1n) is 7.93. The number of carbonyl (C=O) groups excluding carboxylic acids is 1. The van der Waals surface area contributed by atoms with Crippen molar-refractivity contribution in [3.8, 4) is 10.4 Å². The molecule has 0 bridgehead atoms. The van der Waals surface area contributed by atoms with Crippen LogP contribution in [0.25, 0.3) is 20.7 Å². The first-order valence-corrected chi connectivity index (χ1v) is 9.63. The van der Waals surface area contributed by atoms with Crippen LogP contribution in [0, 0.1) is 0 Å². The molecule has 1 amide bonds. The van der Waals surface area contributed by atoms with Crippen molar-refractivity contribution in [3.05, 3.63) is 42.7 Å². The quantitative estimate of drug-likeness (QED) is 0.526. The van der Waals surface area contributed by atoms with Crippen molar-refractivity contribution in [2.45, 2.75) is 30.5 Å². The van der Waals surface area contributed by atoms with Crippen molar-refractivity contribution >= 4 is 39.2 Å². The number of rotatable bonds is 6. The van der Waals surface area contributed by atoms with Gasteiger partial charge in [-0.05, 0) is 25.0 Å². The SMILES string of the molecule is CCCNC(=O)C(C)Sc1ncnc2sc(-c3ccccc3)cc12. The van der Waals surface area contributed by atoms with E-state index in [0.717, 1.165) is 26.5 Å². The molecule has 1 aromatic carbocycles. The van der Waals surface area contributed by atoms with E-state index in [0.29, 0.717) is 6.54 Å². The minimum Gasteiger partial charge on any atom is -0.355 e. The average Bonchev–Trinajstić information content (AvgIpc) is 3.05. The lowest BCUT2D eigenvalue weighted by Crippen LogP contribution is -2.31. The third-order valence-corrected chi connectivity index (χ3v) is 5.77. The highest BCUT2D eigenvalue weighted by atomic mass is 32.2. The Bertz CT molecular complexity index is 833. The average molecular weight is 358 g/mol. The van der Waals surface area contributed by atoms with Crippen LogP contribution in [0.3, 0.4) is 0 Å². The maximum Gasteiger partial charge on any atom is 0.233 e. The molecule has 0 saturated heterocycles. The summed E-state index contributed by atoms with van der Waals surface area (Å²) in [5.41, 5.74) is 1.17. The van der Waals surface area contributed by atoms with E-state index in [1.54, 1.807) is 17.7 Å². The molecule has 3 aromatic rings. The van der Waals surface area contributed by atoms with Crippen LogP contribution >= 0.6 is 23.1 Å². The van der Waals surface area contributed by atoms with E-state index in [4.69, 9.17) is 0 Å². The van der Waals surface area contributed by atoms with Gasteiger partial charge in [-0.2, -0.15) is 0 Å². The second-order valence-corrected chi connectivity index (χ2v) is 7.79. The summed E-state index contributed by atoms with van der Waals surface area (Å²) >= 11 is 3.13. The summed E-state index contributed by atoms with van der Waals surface area (Å²) in [6.07, 6.45) is 2.51. The van der Waals surface area contributed by atoms with Crippen molar-refractivity contribution in [2.75, 3.05) is 6.54 Å². The third-order valence-electron chi connectivity index (χ3n) is 3.56. The summed E-state index contributed by atoms with van der Waals surface area (Å²) in [6.45, 7) is 4.66. The van der Waals surface area contributed by atoms with Crippen LogP contribution in [-0.2, 0) is 4.79 Å². The van der Waals surface area contributed by atoms with E-state index in [-0.39, 0.29) is 11.2 Å². The van der Waals surface area contributed by atoms with E-state index >= 15 is 0 Å². The van der Waals surface area contributed by atoms with Gasteiger partial charge in [-0.25, -0.2) is 9.97 Å². The van der Waals surface area contributed by atoms with Gasteiger partial charge in [0.15, 0.2) is 0 Å². The Morgan fingerprint density at radius 2 is 2.08 bits per heavy atom. The standard InChI is InChI=1S/C18H19N3OS2/c1-3-9-19-16(22)12(2)23-17-14-10-15(13-7-5-4-6-8-13)24-18(14)21-11-20-17/h4-8,10-12H,3,9H2,1-2H3,(H,19,22). The van der Waals surface area contributed by atoms with Crippen molar-refractivity contribution in [1.29, 1.82) is 0 Å². The molecule has 2 heterocycles. The third kappa shape index (κ3) is 3.76. The highest BCUT2D eigenvalue weighted by molar-refractivity contribution is 8.00. The molecular weight excluding hydrogens is 338 g/mol. The monoisotopic (exact) mass is 357 g/mol. The molecule has 4 nitrogen and oxygen atoms in total. The zero-order chi connectivity index (χ0) is 16.9. The predicted molar refractivity (Wildman–Crippen MR) is 101 cm³/mol. The molecule has 1 N–H and O–H groups in total. The first-order chi connectivity index (χ1) is 11.7. The van der Waals surface area contributed by atoms with Crippen LogP contribution in [0.5, 0.6) is 0 Å². The fourth-order valence-corrected chi connectivity index (χ4v) is 4.27. The Balaban J connectivity index is 1.86. The smallest absolute Gasteiger partial charge is 0.233 e. The summed E-state index contributed by atoms with van der Waals surface area (Å²) in [5, 5.41) is 4.62. The van der Waals surface area contributed by atoms with Crippen molar-refractivity contribution in [1.82, 2.24) is 15.3 Å². The largest absolute Gasteiger partial charge is 0.355 e. The molecule has 24 heavy (non-hydrogen) atoms. The lowest BCUT2D eigenvalue weighted by Gasteiger charge is -2.11. The van der Waals surface area contributed by atoms with Gasteiger partial charge in [-0.15, -0.1) is 11.3 Å². The highest BCUT2D eigenvalue weighted by Gasteiger charge is 2.17. The summed E-state index contributed by atoms with van der Waals surface area (Å²) in [7, 11) is 0. The molecule has 0 aliphatic carbocycles. The summed E-state index contributed by atoms with van der Waals surface area (Å²) in [6, 6.07) is 12.4. The second kappa shape index (κ2) is 7.77. The molecular formula is C18H19N3OS2. The lowest BCUT2D eigenvalue weighted by molar-refractivity contribution is -0.120. The number of thiophene rings is 1. The van der Waals surface area contributed by atoms with Gasteiger partial charge in [0.05, 0.1) is 5.25 Å². The number of thioether (sulfide) groups is 1. The maximum absolute atomic E-state index is 12.1. The van der Waals surface area contributed by atoms with Crippen LogP contribution in [0.1, 0.15) is 20.3 Å². The zero-order valence-corrected chi connectivity index (χ0v) is 15.3. The van der Waals surface area contributed by atoms with Gasteiger partial charge >= 0.3 is 0 Å². The molecule has 0 spiro atoms. The molecule has 0 radical (unpaired) electrons. The molecule has 6 heteroatoms. The molecule has 124 valence electrons. The van der Waals surface area contributed by atoms with E-state index in [2.05, 4.69) is 33.5 Å². The molecule has 1 atom stereocenters. The van der Waals surface area contributed by atoms with E-state index < -0.39 is 0 Å². The van der Waals surface area contributed by atoms with Gasteiger partial charge in [0, 0.05) is 16.8 Å². The van der Waals surface area contributed by atoms with Gasteiger partial charge < -0.3 is 5.32 Å². The fraction of sp³-hybridized carbons (Fsp3) is 0.278. The Morgan fingerprint density at radius 1 is 1.29 bits per heavy atom. The number of hydrogen-bond donors (Lipinski definition) is 1. The number of hydrogen-bond acceptors (Lipinski definition) is 5. The summed E-state index contributed by atoms with van der Waals surface area (Å²) in [4.78, 5) is 23.0. The normalized spacial score (nSPS) is 12.2. The molecule has 0 fully saturated rings. The number of nitrogens with one attached hydrogen (secondary N) is 1. The molecule has 2 aromatic heterocycles. The number of carbonyl (C=O) groups is 1. The first kappa shape index (κ1) is 16.9. The maximum atomic E-state index is 12.1. The Morgan fingerprint density at radius 3 is 2.83 bits per heavy atom. The summed E-state index contributed by atoms with van der Waals surface area (Å²) < 4.78 is 0. The van der Waals surface area contributed by atoms with E-state index in [1.165, 1.54) is 17.3 Å². The molecule has 0 aliphatic heterocycles. The zero-order valence-electron chi connectivity index (χ0n) is 13.7. The highest BCUT2D eigenvalue weighted by Crippen LogP contribution is 2.37. The van der Waals surface area contributed by atoms with Crippen LogP contribution in [0.15, 0.2) is 47.8 Å². The van der Waals surface area contributed by atoms with Crippen LogP contribution in [0.2, 0.25) is 0 Å². The van der Waals surface area contributed by atoms with E-state index in [9.17, 15) is 4.79 Å². The Hall–Kier alpha value is -1.92. The Kier molecular flexibility index (Phi) is 5.48. The minimum absolute atomic E-state index is 0.0483. The van der Waals surface area contributed by atoms with Crippen LogP contribution in [-0.4, -0.2) is 27.7 Å². The molecule has 1 unspecified atom stereocenters. The molecule has 0 saturated carbocycles. The van der Waals surface area contributed by atoms with Gasteiger partial charge in [0.25, 0.3) is 0 Å². The molecule has 3 rings (SSSR count). The van der Waals surface area contributed by atoms with Crippen molar-refractivity contribution in [2.24, 2.45) is 0 Å². The van der Waals surface area contributed by atoms with Crippen molar-refractivity contribution in [3.63, 3.8) is 0 Å². The van der Waals surface area contributed by atoms with Gasteiger partial charge in [-0.3, -0.25) is 4.79 Å². The second-order valence-electron chi connectivity index (χ2n) is 5.43. The van der Waals surface area contributed by atoms with Crippen molar-refractivity contribution < 1.29 is 4.79 Å². The molecule has 0 aliphatic rings. The summed E-state index contributed by atoms with van der Waals surface area (Å²) in [5.74, 6) is 0.0483. The minimum atomic E-state index is -0.185. The number of aromatic nitrogens is 2. The van der Waals surface area contributed by atoms with Gasteiger partial charge in [0.1, 0.15) is 16.2 Å². The van der Waals surface area contributed by atoms with Crippen LogP contribution < -0.4 is 5.32 Å². The topological polar surface area (TPSA) is 54.9 Å². The Labute approximate surface area is 149 Å². The van der Waals surface area contributed by atoms with Gasteiger partial charge in [-0.1, -0.05) is 49.0 Å². The lowest BCUT2D eigenvalue weighted by atomic mass is 10.2. The van der Waals surface area contributed by atoms with E-state index in [1.807, 2.05) is 32.0 Å². The van der Waals surface area contributed by atoms with Gasteiger partial charge in [0.2, 0.25) is 5.91 Å². The number of fused-ring (bicyclic) bond motifs is 1. The predicted octanol–water partition coefficient (Wildman–Crippen LogP) is 4.37. The number of nitrogens with zero attached hydrogens (tertiary/aromatic N) is 2. The van der Waals surface area contributed by atoms with Crippen LogP contribution in [0.4, 0.5) is 0 Å².